The summed E-state index contributed by atoms with van der Waals surface area (Å²) in [6.45, 7) is 9.46. The Morgan fingerprint density at radius 3 is 2.50 bits per heavy atom. The van der Waals surface area contributed by atoms with Crippen LogP contribution in [0.1, 0.15) is 66.2 Å². The summed E-state index contributed by atoms with van der Waals surface area (Å²) in [6.07, 6.45) is 6.86. The first-order valence-electron chi connectivity index (χ1n) is 7.50. The molecule has 1 aliphatic heterocycles. The highest BCUT2D eigenvalue weighted by molar-refractivity contribution is 5.73. The normalized spacial score (nSPS) is 50.3. The molecule has 3 rings (SSSR count). The van der Waals surface area contributed by atoms with E-state index in [1.54, 1.807) is 0 Å². The van der Waals surface area contributed by atoms with E-state index in [0.29, 0.717) is 23.2 Å². The quantitative estimate of drug-likeness (QED) is 0.609. The summed E-state index contributed by atoms with van der Waals surface area (Å²) < 4.78 is 5.70. The van der Waals surface area contributed by atoms with Crippen LogP contribution in [-0.4, -0.2) is 11.6 Å². The summed E-state index contributed by atoms with van der Waals surface area (Å²) in [5, 5.41) is 0. The van der Waals surface area contributed by atoms with Gasteiger partial charge >= 0.3 is 5.97 Å². The molecule has 0 aromatic carbocycles. The fraction of sp³-hybridized carbons (Fsp3) is 0.938. The monoisotopic (exact) mass is 250 g/mol. The molecule has 0 aromatic heterocycles. The van der Waals surface area contributed by atoms with Crippen molar-refractivity contribution in [2.45, 2.75) is 71.8 Å². The molecule has 0 bridgehead atoms. The molecule has 0 aromatic rings. The third-order valence-electron chi connectivity index (χ3n) is 6.46. The van der Waals surface area contributed by atoms with Gasteiger partial charge in [-0.1, -0.05) is 27.2 Å². The third-order valence-corrected chi connectivity index (χ3v) is 6.46. The molecule has 0 radical (unpaired) electrons. The third kappa shape index (κ3) is 1.50. The minimum Gasteiger partial charge on any atom is -0.459 e. The fourth-order valence-electron chi connectivity index (χ4n) is 5.65. The Kier molecular flexibility index (Phi) is 2.44. The van der Waals surface area contributed by atoms with Crippen LogP contribution in [0.25, 0.3) is 0 Å². The number of carbonyl (C=O) groups excluding carboxylic acids is 1. The van der Waals surface area contributed by atoms with E-state index in [-0.39, 0.29) is 11.6 Å². The van der Waals surface area contributed by atoms with Gasteiger partial charge in [0.1, 0.15) is 5.60 Å². The molecule has 0 unspecified atom stereocenters. The predicted molar refractivity (Wildman–Crippen MR) is 71.1 cm³/mol. The van der Waals surface area contributed by atoms with Crippen LogP contribution in [0.4, 0.5) is 0 Å². The highest BCUT2D eigenvalue weighted by Crippen LogP contribution is 2.64. The minimum absolute atomic E-state index is 0.0350. The fourth-order valence-corrected chi connectivity index (χ4v) is 5.65. The molecule has 2 nitrogen and oxygen atoms in total. The van der Waals surface area contributed by atoms with E-state index in [2.05, 4.69) is 27.7 Å². The zero-order valence-electron chi connectivity index (χ0n) is 12.2. The number of carbonyl (C=O) groups is 1. The van der Waals surface area contributed by atoms with Crippen molar-refractivity contribution in [3.8, 4) is 0 Å². The Balaban J connectivity index is 2.00. The zero-order valence-corrected chi connectivity index (χ0v) is 12.2. The Labute approximate surface area is 110 Å². The molecule has 2 heteroatoms. The van der Waals surface area contributed by atoms with Gasteiger partial charge in [0.25, 0.3) is 0 Å². The first-order valence-corrected chi connectivity index (χ1v) is 7.50. The van der Waals surface area contributed by atoms with Gasteiger partial charge in [0.2, 0.25) is 0 Å². The standard InChI is InChI=1S/C16H26O2/c1-14(2)7-5-8-15(3)11(14)6-9-16(4)12(15)10-13(17)18-16/h11-12H,5-10H2,1-4H3/t11-,12+,15-,16-/m0/s1. The summed E-state index contributed by atoms with van der Waals surface area (Å²) in [5.74, 6) is 1.23. The van der Waals surface area contributed by atoms with Crippen molar-refractivity contribution in [1.29, 1.82) is 0 Å². The lowest BCUT2D eigenvalue weighted by Gasteiger charge is -2.59. The average Bonchev–Trinajstić information content (AvgIpc) is 2.53. The number of ether oxygens (including phenoxy) is 1. The van der Waals surface area contributed by atoms with Crippen LogP contribution in [-0.2, 0) is 9.53 Å². The molecule has 2 saturated carbocycles. The Morgan fingerprint density at radius 2 is 1.78 bits per heavy atom. The summed E-state index contributed by atoms with van der Waals surface area (Å²) >= 11 is 0. The summed E-state index contributed by atoms with van der Waals surface area (Å²) in [7, 11) is 0. The van der Waals surface area contributed by atoms with Crippen LogP contribution in [0.3, 0.4) is 0 Å². The predicted octanol–water partition coefficient (Wildman–Crippen LogP) is 3.93. The molecule has 1 saturated heterocycles. The average molecular weight is 250 g/mol. The van der Waals surface area contributed by atoms with Crippen LogP contribution in [0.5, 0.6) is 0 Å². The van der Waals surface area contributed by atoms with Gasteiger partial charge < -0.3 is 4.74 Å². The topological polar surface area (TPSA) is 26.3 Å². The molecule has 0 amide bonds. The molecule has 4 atom stereocenters. The highest BCUT2D eigenvalue weighted by atomic mass is 16.6. The van der Waals surface area contributed by atoms with E-state index in [1.165, 1.54) is 25.7 Å². The summed E-state index contributed by atoms with van der Waals surface area (Å²) in [6, 6.07) is 0. The largest absolute Gasteiger partial charge is 0.459 e. The van der Waals surface area contributed by atoms with Gasteiger partial charge in [-0.25, -0.2) is 0 Å². The minimum atomic E-state index is -0.171. The van der Waals surface area contributed by atoms with E-state index >= 15 is 0 Å². The second kappa shape index (κ2) is 3.52. The van der Waals surface area contributed by atoms with Crippen LogP contribution >= 0.6 is 0 Å². The first-order chi connectivity index (χ1) is 8.28. The summed E-state index contributed by atoms with van der Waals surface area (Å²) in [4.78, 5) is 11.8. The number of esters is 1. The molecule has 3 fully saturated rings. The lowest BCUT2D eigenvalue weighted by molar-refractivity contribution is -0.164. The Morgan fingerprint density at radius 1 is 1.06 bits per heavy atom. The number of rotatable bonds is 0. The second-order valence-corrected chi connectivity index (χ2v) is 7.98. The zero-order chi connectivity index (χ0) is 13.2. The molecular formula is C16H26O2. The molecule has 18 heavy (non-hydrogen) atoms. The van der Waals surface area contributed by atoms with Gasteiger partial charge in [0.15, 0.2) is 0 Å². The maximum absolute atomic E-state index is 11.8. The molecule has 102 valence electrons. The van der Waals surface area contributed by atoms with E-state index in [4.69, 9.17) is 4.74 Å². The number of hydrogen-bond acceptors (Lipinski definition) is 2. The van der Waals surface area contributed by atoms with Crippen LogP contribution < -0.4 is 0 Å². The van der Waals surface area contributed by atoms with E-state index < -0.39 is 0 Å². The summed E-state index contributed by atoms with van der Waals surface area (Å²) in [5.41, 5.74) is 0.566. The second-order valence-electron chi connectivity index (χ2n) is 7.98. The molecule has 1 heterocycles. The number of hydrogen-bond donors (Lipinski definition) is 0. The molecule has 3 aliphatic rings. The molecule has 0 spiro atoms. The SMILES string of the molecule is CC1(C)CCC[C@]2(C)[C@H]3CC(=O)O[C@@]3(C)CC[C@@H]12. The van der Waals surface area contributed by atoms with E-state index in [0.717, 1.165) is 12.3 Å². The lowest BCUT2D eigenvalue weighted by atomic mass is 9.45. The van der Waals surface area contributed by atoms with Crippen molar-refractivity contribution in [1.82, 2.24) is 0 Å². The molecular weight excluding hydrogens is 224 g/mol. The Hall–Kier alpha value is -0.530. The van der Waals surface area contributed by atoms with Crippen molar-refractivity contribution in [2.24, 2.45) is 22.7 Å². The van der Waals surface area contributed by atoms with Crippen molar-refractivity contribution in [3.05, 3.63) is 0 Å². The first kappa shape index (κ1) is 12.5. The van der Waals surface area contributed by atoms with Crippen molar-refractivity contribution >= 4 is 5.97 Å². The van der Waals surface area contributed by atoms with E-state index in [9.17, 15) is 4.79 Å². The Bertz CT molecular complexity index is 387. The van der Waals surface area contributed by atoms with Gasteiger partial charge in [-0.2, -0.15) is 0 Å². The highest BCUT2D eigenvalue weighted by Gasteiger charge is 2.62. The van der Waals surface area contributed by atoms with Crippen LogP contribution in [0, 0.1) is 22.7 Å². The van der Waals surface area contributed by atoms with Crippen molar-refractivity contribution in [3.63, 3.8) is 0 Å². The maximum Gasteiger partial charge on any atom is 0.306 e. The van der Waals surface area contributed by atoms with Gasteiger partial charge in [0.05, 0.1) is 6.42 Å². The number of fused-ring (bicyclic) bond motifs is 3. The van der Waals surface area contributed by atoms with Crippen LogP contribution in [0.2, 0.25) is 0 Å². The molecule has 2 aliphatic carbocycles. The van der Waals surface area contributed by atoms with Crippen molar-refractivity contribution in [2.75, 3.05) is 0 Å². The van der Waals surface area contributed by atoms with E-state index in [1.807, 2.05) is 0 Å². The van der Waals surface area contributed by atoms with Gasteiger partial charge in [-0.05, 0) is 49.4 Å². The van der Waals surface area contributed by atoms with Gasteiger partial charge in [-0.15, -0.1) is 0 Å². The smallest absolute Gasteiger partial charge is 0.306 e. The maximum atomic E-state index is 11.8. The lowest BCUT2D eigenvalue weighted by Crippen LogP contribution is -2.55. The van der Waals surface area contributed by atoms with Gasteiger partial charge in [0, 0.05) is 5.92 Å². The van der Waals surface area contributed by atoms with Gasteiger partial charge in [-0.3, -0.25) is 4.79 Å². The van der Waals surface area contributed by atoms with Crippen LogP contribution in [0.15, 0.2) is 0 Å². The van der Waals surface area contributed by atoms with Crippen molar-refractivity contribution < 1.29 is 9.53 Å². The molecule has 0 N–H and O–H groups in total.